The minimum Gasteiger partial charge on any atom is -0.492 e. The molecule has 0 aliphatic carbocycles. The van der Waals surface area contributed by atoms with Crippen molar-refractivity contribution in [3.05, 3.63) is 60.3 Å². The standard InChI is InChI=1S/C19H20N2O3S.C2HF3O2/c1-2-20-12-13-24-19-9-8-18-16(17(19)14-20)10-11-21(18)25(22,23)15-6-4-3-5-7-15;3-2(4,5)1(6)7/h3-11H,2,12-14H2,1H3;(H,6,7). The molecular weight excluding hydrogens is 449 g/mol. The maximum absolute atomic E-state index is 13.0. The van der Waals surface area contributed by atoms with E-state index >= 15 is 0 Å². The second kappa shape index (κ2) is 9.21. The van der Waals surface area contributed by atoms with Crippen LogP contribution in [0.25, 0.3) is 10.9 Å². The molecule has 11 heteroatoms. The lowest BCUT2D eigenvalue weighted by molar-refractivity contribution is -0.192. The topological polar surface area (TPSA) is 88.8 Å². The molecule has 1 aromatic heterocycles. The lowest BCUT2D eigenvalue weighted by Gasteiger charge is -2.16. The number of fused-ring (bicyclic) bond motifs is 3. The smallest absolute Gasteiger partial charge is 0.490 e. The van der Waals surface area contributed by atoms with Crippen LogP contribution in [-0.2, 0) is 21.4 Å². The van der Waals surface area contributed by atoms with Crippen molar-refractivity contribution in [1.29, 1.82) is 0 Å². The van der Waals surface area contributed by atoms with Crippen LogP contribution in [0.5, 0.6) is 5.75 Å². The highest BCUT2D eigenvalue weighted by atomic mass is 32.2. The molecule has 1 N–H and O–H groups in total. The van der Waals surface area contributed by atoms with Gasteiger partial charge in [0, 0.05) is 30.2 Å². The third kappa shape index (κ3) is 4.89. The van der Waals surface area contributed by atoms with Crippen LogP contribution in [0.4, 0.5) is 13.2 Å². The van der Waals surface area contributed by atoms with E-state index in [0.29, 0.717) is 12.1 Å². The number of rotatable bonds is 3. The van der Waals surface area contributed by atoms with Crippen LogP contribution in [0.15, 0.2) is 59.6 Å². The van der Waals surface area contributed by atoms with Gasteiger partial charge in [-0.2, -0.15) is 13.2 Å². The van der Waals surface area contributed by atoms with Crippen LogP contribution in [0, 0.1) is 0 Å². The van der Waals surface area contributed by atoms with Gasteiger partial charge in [0.2, 0.25) is 0 Å². The minimum atomic E-state index is -5.08. The molecule has 0 saturated heterocycles. The zero-order chi connectivity index (χ0) is 23.5. The Morgan fingerprint density at radius 2 is 1.78 bits per heavy atom. The Labute approximate surface area is 182 Å². The van der Waals surface area contributed by atoms with E-state index < -0.39 is 22.2 Å². The molecule has 0 fully saturated rings. The third-order valence-corrected chi connectivity index (χ3v) is 6.65. The molecule has 4 rings (SSSR count). The summed E-state index contributed by atoms with van der Waals surface area (Å²) >= 11 is 0. The summed E-state index contributed by atoms with van der Waals surface area (Å²) in [5.74, 6) is -1.91. The van der Waals surface area contributed by atoms with Crippen molar-refractivity contribution in [1.82, 2.24) is 8.87 Å². The number of hydrogen-bond donors (Lipinski definition) is 1. The van der Waals surface area contributed by atoms with E-state index in [-0.39, 0.29) is 4.90 Å². The van der Waals surface area contributed by atoms with Crippen LogP contribution in [0.1, 0.15) is 12.5 Å². The number of carboxylic acids is 1. The number of aromatic nitrogens is 1. The second-order valence-corrected chi connectivity index (χ2v) is 8.74. The molecule has 0 amide bonds. The van der Waals surface area contributed by atoms with E-state index in [1.807, 2.05) is 24.3 Å². The van der Waals surface area contributed by atoms with Crippen molar-refractivity contribution in [2.24, 2.45) is 0 Å². The molecule has 0 radical (unpaired) electrons. The maximum Gasteiger partial charge on any atom is 0.490 e. The lowest BCUT2D eigenvalue weighted by Crippen LogP contribution is -2.25. The zero-order valence-corrected chi connectivity index (χ0v) is 17.9. The van der Waals surface area contributed by atoms with Gasteiger partial charge in [0.1, 0.15) is 12.4 Å². The molecule has 1 aliphatic rings. The molecular formula is C21H21F3N2O5S. The molecule has 0 bridgehead atoms. The fraction of sp³-hybridized carbons (Fsp3) is 0.286. The van der Waals surface area contributed by atoms with Gasteiger partial charge in [0.05, 0.1) is 10.4 Å². The highest BCUT2D eigenvalue weighted by Gasteiger charge is 2.38. The number of hydrogen-bond acceptors (Lipinski definition) is 5. The Balaban J connectivity index is 0.000000360. The summed E-state index contributed by atoms with van der Waals surface area (Å²) in [7, 11) is -3.61. The monoisotopic (exact) mass is 470 g/mol. The highest BCUT2D eigenvalue weighted by molar-refractivity contribution is 7.90. The molecule has 32 heavy (non-hydrogen) atoms. The Bertz CT molecular complexity index is 1210. The Morgan fingerprint density at radius 3 is 2.38 bits per heavy atom. The zero-order valence-electron chi connectivity index (χ0n) is 17.0. The Morgan fingerprint density at radius 1 is 1.12 bits per heavy atom. The first kappa shape index (κ1) is 23.6. The number of carbonyl (C=O) groups is 1. The van der Waals surface area contributed by atoms with Gasteiger partial charge in [-0.1, -0.05) is 25.1 Å². The summed E-state index contributed by atoms with van der Waals surface area (Å²) in [5, 5.41) is 8.05. The van der Waals surface area contributed by atoms with Crippen molar-refractivity contribution in [3.8, 4) is 5.75 Å². The summed E-state index contributed by atoms with van der Waals surface area (Å²) in [6.07, 6.45) is -3.45. The molecule has 0 spiro atoms. The normalized spacial score (nSPS) is 14.6. The van der Waals surface area contributed by atoms with Crippen molar-refractivity contribution in [2.45, 2.75) is 24.5 Å². The second-order valence-electron chi connectivity index (χ2n) is 6.92. The lowest BCUT2D eigenvalue weighted by atomic mass is 10.1. The van der Waals surface area contributed by atoms with E-state index in [1.54, 1.807) is 30.5 Å². The van der Waals surface area contributed by atoms with Gasteiger partial charge in [-0.25, -0.2) is 17.2 Å². The number of halogens is 3. The van der Waals surface area contributed by atoms with E-state index in [2.05, 4.69) is 11.8 Å². The number of alkyl halides is 3. The van der Waals surface area contributed by atoms with E-state index in [4.69, 9.17) is 14.6 Å². The van der Waals surface area contributed by atoms with Gasteiger partial charge < -0.3 is 9.84 Å². The minimum absolute atomic E-state index is 0.286. The molecule has 172 valence electrons. The molecule has 0 unspecified atom stereocenters. The van der Waals surface area contributed by atoms with E-state index in [1.165, 1.54) is 3.97 Å². The molecule has 0 saturated carbocycles. The highest BCUT2D eigenvalue weighted by Crippen LogP contribution is 2.33. The van der Waals surface area contributed by atoms with Crippen LogP contribution in [0.3, 0.4) is 0 Å². The van der Waals surface area contributed by atoms with Gasteiger partial charge in [0.25, 0.3) is 10.0 Å². The molecule has 1 aliphatic heterocycles. The van der Waals surface area contributed by atoms with Crippen molar-refractivity contribution < 1.29 is 36.2 Å². The Hall–Kier alpha value is -3.05. The first-order valence-corrected chi connectivity index (χ1v) is 11.1. The largest absolute Gasteiger partial charge is 0.492 e. The number of nitrogens with zero attached hydrogens (tertiary/aromatic N) is 2. The summed E-state index contributed by atoms with van der Waals surface area (Å²) in [6.45, 7) is 5.34. The molecule has 0 atom stereocenters. The quantitative estimate of drug-likeness (QED) is 0.628. The number of ether oxygens (including phenoxy) is 1. The summed E-state index contributed by atoms with van der Waals surface area (Å²) < 4.78 is 64.9. The summed E-state index contributed by atoms with van der Waals surface area (Å²) in [5.41, 5.74) is 1.74. The van der Waals surface area contributed by atoms with E-state index in [9.17, 15) is 21.6 Å². The average molecular weight is 470 g/mol. The van der Waals surface area contributed by atoms with Crippen LogP contribution < -0.4 is 4.74 Å². The molecule has 7 nitrogen and oxygen atoms in total. The van der Waals surface area contributed by atoms with Crippen molar-refractivity contribution in [3.63, 3.8) is 0 Å². The number of likely N-dealkylation sites (N-methyl/N-ethyl adjacent to an activating group) is 1. The van der Waals surface area contributed by atoms with Crippen molar-refractivity contribution >= 4 is 26.9 Å². The van der Waals surface area contributed by atoms with E-state index in [0.717, 1.165) is 36.3 Å². The molecule has 2 aromatic carbocycles. The number of aliphatic carboxylic acids is 1. The first-order valence-electron chi connectivity index (χ1n) is 9.64. The van der Waals surface area contributed by atoms with Gasteiger partial charge in [-0.3, -0.25) is 4.90 Å². The van der Waals surface area contributed by atoms with Crippen LogP contribution >= 0.6 is 0 Å². The summed E-state index contributed by atoms with van der Waals surface area (Å²) in [6, 6.07) is 14.1. The number of carboxylic acid groups (broad SMARTS) is 1. The van der Waals surface area contributed by atoms with Crippen molar-refractivity contribution in [2.75, 3.05) is 19.7 Å². The maximum atomic E-state index is 13.0. The SMILES string of the molecule is CCN1CCOc2ccc3c(ccn3S(=O)(=O)c3ccccc3)c2C1.O=C(O)C(F)(F)F. The first-order chi connectivity index (χ1) is 15.1. The molecule has 3 aromatic rings. The molecule has 2 heterocycles. The van der Waals surface area contributed by atoms with Crippen LogP contribution in [-0.4, -0.2) is 54.2 Å². The summed E-state index contributed by atoms with van der Waals surface area (Å²) in [4.78, 5) is 11.5. The van der Waals surface area contributed by atoms with Gasteiger partial charge in [-0.05, 0) is 36.9 Å². The fourth-order valence-electron chi connectivity index (χ4n) is 3.30. The predicted octanol–water partition coefficient (Wildman–Crippen LogP) is 3.73. The third-order valence-electron chi connectivity index (χ3n) is 4.94. The van der Waals surface area contributed by atoms with Gasteiger partial charge >= 0.3 is 12.1 Å². The van der Waals surface area contributed by atoms with Gasteiger partial charge in [-0.15, -0.1) is 0 Å². The predicted molar refractivity (Wildman–Crippen MR) is 111 cm³/mol. The number of benzene rings is 2. The average Bonchev–Trinajstić information content (AvgIpc) is 3.08. The van der Waals surface area contributed by atoms with Crippen LogP contribution in [0.2, 0.25) is 0 Å². The van der Waals surface area contributed by atoms with Gasteiger partial charge in [0.15, 0.2) is 0 Å². The fourth-order valence-corrected chi connectivity index (χ4v) is 4.67. The Kier molecular flexibility index (Phi) is 6.79.